The zero-order chi connectivity index (χ0) is 11.8. The van der Waals surface area contributed by atoms with Crippen molar-refractivity contribution in [3.8, 4) is 0 Å². The average Bonchev–Trinajstić information content (AvgIpc) is 2.12. The second-order valence-corrected chi connectivity index (χ2v) is 3.27. The van der Waals surface area contributed by atoms with Crippen LogP contribution in [0.25, 0.3) is 0 Å². The van der Waals surface area contributed by atoms with E-state index in [9.17, 15) is 24.6 Å². The second-order valence-electron chi connectivity index (χ2n) is 3.27. The first-order valence-corrected chi connectivity index (χ1v) is 4.16. The van der Waals surface area contributed by atoms with E-state index in [2.05, 4.69) is 4.74 Å². The molecule has 0 aromatic rings. The van der Waals surface area contributed by atoms with Gasteiger partial charge in [0.05, 0.1) is 0 Å². The van der Waals surface area contributed by atoms with Crippen molar-refractivity contribution in [1.82, 2.24) is 0 Å². The number of hydrogen-bond donors (Lipinski definition) is 2. The molecule has 1 heterocycles. The van der Waals surface area contributed by atoms with E-state index in [0.717, 1.165) is 19.9 Å². The van der Waals surface area contributed by atoms with Crippen LogP contribution >= 0.6 is 0 Å². The van der Waals surface area contributed by atoms with Crippen LogP contribution in [-0.2, 0) is 19.1 Å². The highest BCUT2D eigenvalue weighted by Crippen LogP contribution is 2.24. The van der Waals surface area contributed by atoms with Crippen LogP contribution in [0.4, 0.5) is 0 Å². The third-order valence-electron chi connectivity index (χ3n) is 2.11. The smallest absolute Gasteiger partial charge is 0.344 e. The lowest BCUT2D eigenvalue weighted by atomic mass is 9.89. The minimum Gasteiger partial charge on any atom is -0.421 e. The number of carbonyl (C=O) groups is 3. The van der Waals surface area contributed by atoms with Gasteiger partial charge in [-0.1, -0.05) is 0 Å². The number of carbonyl (C=O) groups excluding carboxylic acids is 3. The maximum absolute atomic E-state index is 11.1. The topological polar surface area (TPSA) is 101 Å². The molecule has 2 atom stereocenters. The van der Waals surface area contributed by atoms with Gasteiger partial charge in [0.25, 0.3) is 0 Å². The summed E-state index contributed by atoms with van der Waals surface area (Å²) in [6.45, 7) is 2.10. The molecule has 82 valence electrons. The molecule has 2 N–H and O–H groups in total. The quantitative estimate of drug-likeness (QED) is 0.554. The van der Waals surface area contributed by atoms with Gasteiger partial charge >= 0.3 is 5.97 Å². The Morgan fingerprint density at radius 2 is 2.00 bits per heavy atom. The standard InChI is InChI=1S/C9H10O6/c1-4(10)6-3-9(14,5(2)11)7(12)8(13)15-6/h3,7,12,14H,1-2H3. The van der Waals surface area contributed by atoms with Crippen molar-refractivity contribution in [2.45, 2.75) is 25.6 Å². The summed E-state index contributed by atoms with van der Waals surface area (Å²) in [5.41, 5.74) is -2.38. The lowest BCUT2D eigenvalue weighted by Gasteiger charge is -2.30. The number of aliphatic hydroxyl groups is 2. The Balaban J connectivity index is 3.25. The van der Waals surface area contributed by atoms with Crippen molar-refractivity contribution in [2.75, 3.05) is 0 Å². The first kappa shape index (κ1) is 11.5. The van der Waals surface area contributed by atoms with Crippen molar-refractivity contribution < 1.29 is 29.3 Å². The van der Waals surface area contributed by atoms with Crippen molar-refractivity contribution in [3.05, 3.63) is 11.8 Å². The van der Waals surface area contributed by atoms with Gasteiger partial charge in [0, 0.05) is 13.0 Å². The summed E-state index contributed by atoms with van der Waals surface area (Å²) >= 11 is 0. The first-order chi connectivity index (χ1) is 6.79. The van der Waals surface area contributed by atoms with Crippen LogP contribution in [0.3, 0.4) is 0 Å². The Bertz CT molecular complexity index is 369. The summed E-state index contributed by atoms with van der Waals surface area (Å²) in [5.74, 6) is -3.12. The van der Waals surface area contributed by atoms with Gasteiger partial charge in [0.2, 0.25) is 0 Å². The number of allylic oxidation sites excluding steroid dienone is 1. The van der Waals surface area contributed by atoms with Gasteiger partial charge < -0.3 is 14.9 Å². The van der Waals surface area contributed by atoms with Crippen LogP contribution in [0, 0.1) is 0 Å². The molecule has 0 aromatic carbocycles. The van der Waals surface area contributed by atoms with Crippen molar-refractivity contribution in [1.29, 1.82) is 0 Å². The molecule has 0 fully saturated rings. The predicted octanol–water partition coefficient (Wildman–Crippen LogP) is -1.30. The molecule has 6 nitrogen and oxygen atoms in total. The highest BCUT2D eigenvalue weighted by Gasteiger charge is 2.48. The van der Waals surface area contributed by atoms with E-state index in [1.165, 1.54) is 0 Å². The molecule has 0 amide bonds. The van der Waals surface area contributed by atoms with Gasteiger partial charge in [-0.05, 0) is 6.92 Å². The summed E-state index contributed by atoms with van der Waals surface area (Å²) in [5, 5.41) is 18.9. The molecule has 0 spiro atoms. The number of Topliss-reactive ketones (excluding diaryl/α,β-unsaturated/α-hetero) is 2. The van der Waals surface area contributed by atoms with Crippen LogP contribution in [0.2, 0.25) is 0 Å². The predicted molar refractivity (Wildman–Crippen MR) is 46.5 cm³/mol. The first-order valence-electron chi connectivity index (χ1n) is 4.16. The maximum Gasteiger partial charge on any atom is 0.344 e. The molecule has 1 aliphatic rings. The number of cyclic esters (lactones) is 1. The summed E-state index contributed by atoms with van der Waals surface area (Å²) < 4.78 is 4.42. The monoisotopic (exact) mass is 214 g/mol. The fraction of sp³-hybridized carbons (Fsp3) is 0.444. The Hall–Kier alpha value is -1.53. The molecule has 2 unspecified atom stereocenters. The Morgan fingerprint density at radius 1 is 1.47 bits per heavy atom. The van der Waals surface area contributed by atoms with Crippen molar-refractivity contribution in [2.24, 2.45) is 0 Å². The molecule has 1 aliphatic heterocycles. The number of rotatable bonds is 2. The highest BCUT2D eigenvalue weighted by molar-refractivity contribution is 6.01. The minimum absolute atomic E-state index is 0.442. The number of ether oxygens (including phenoxy) is 1. The Kier molecular flexibility index (Phi) is 2.74. The minimum atomic E-state index is -2.38. The molecule has 0 bridgehead atoms. The summed E-state index contributed by atoms with van der Waals surface area (Å²) in [7, 11) is 0. The van der Waals surface area contributed by atoms with Gasteiger partial charge in [-0.3, -0.25) is 9.59 Å². The Labute approximate surface area is 85.1 Å². The van der Waals surface area contributed by atoms with Crippen LogP contribution in [0.5, 0.6) is 0 Å². The largest absolute Gasteiger partial charge is 0.421 e. The second kappa shape index (κ2) is 3.56. The molecule has 0 saturated heterocycles. The van der Waals surface area contributed by atoms with Crippen LogP contribution in [0.15, 0.2) is 11.8 Å². The number of aliphatic hydroxyl groups excluding tert-OH is 1. The summed E-state index contributed by atoms with van der Waals surface area (Å²) in [6, 6.07) is 0. The van der Waals surface area contributed by atoms with Crippen molar-refractivity contribution >= 4 is 17.5 Å². The van der Waals surface area contributed by atoms with E-state index in [1.54, 1.807) is 0 Å². The number of esters is 1. The van der Waals surface area contributed by atoms with E-state index >= 15 is 0 Å². The number of ketones is 2. The van der Waals surface area contributed by atoms with Gasteiger partial charge in [0.1, 0.15) is 0 Å². The normalized spacial score (nSPS) is 30.5. The van der Waals surface area contributed by atoms with Crippen molar-refractivity contribution in [3.63, 3.8) is 0 Å². The third kappa shape index (κ3) is 1.81. The van der Waals surface area contributed by atoms with Gasteiger partial charge in [-0.25, -0.2) is 4.79 Å². The van der Waals surface area contributed by atoms with E-state index < -0.39 is 35.0 Å². The fourth-order valence-electron chi connectivity index (χ4n) is 1.12. The lowest BCUT2D eigenvalue weighted by molar-refractivity contribution is -0.171. The van der Waals surface area contributed by atoms with Crippen LogP contribution < -0.4 is 0 Å². The summed E-state index contributed by atoms with van der Waals surface area (Å²) in [6.07, 6.45) is -1.25. The lowest BCUT2D eigenvalue weighted by Crippen LogP contribution is -2.54. The molecule has 0 aromatic heterocycles. The highest BCUT2D eigenvalue weighted by atomic mass is 16.6. The molecule has 6 heteroatoms. The van der Waals surface area contributed by atoms with E-state index in [4.69, 9.17) is 0 Å². The SMILES string of the molecule is CC(=O)C1=CC(O)(C(C)=O)C(O)C(=O)O1. The van der Waals surface area contributed by atoms with E-state index in [1.807, 2.05) is 0 Å². The molecule has 15 heavy (non-hydrogen) atoms. The van der Waals surface area contributed by atoms with E-state index in [0.29, 0.717) is 0 Å². The van der Waals surface area contributed by atoms with Gasteiger partial charge in [-0.2, -0.15) is 0 Å². The van der Waals surface area contributed by atoms with E-state index in [-0.39, 0.29) is 0 Å². The molecule has 0 radical (unpaired) electrons. The van der Waals surface area contributed by atoms with Crippen LogP contribution in [0.1, 0.15) is 13.8 Å². The molecular weight excluding hydrogens is 204 g/mol. The zero-order valence-electron chi connectivity index (χ0n) is 8.18. The fourth-order valence-corrected chi connectivity index (χ4v) is 1.12. The summed E-state index contributed by atoms with van der Waals surface area (Å²) in [4.78, 5) is 33.0. The molecular formula is C9H10O6. The number of hydrogen-bond acceptors (Lipinski definition) is 6. The van der Waals surface area contributed by atoms with Gasteiger partial charge in [-0.15, -0.1) is 0 Å². The van der Waals surface area contributed by atoms with Crippen LogP contribution in [-0.4, -0.2) is 39.5 Å². The molecule has 1 rings (SSSR count). The Morgan fingerprint density at radius 3 is 2.40 bits per heavy atom. The van der Waals surface area contributed by atoms with Gasteiger partial charge in [0.15, 0.2) is 29.0 Å². The zero-order valence-corrected chi connectivity index (χ0v) is 8.18. The molecule has 0 saturated carbocycles. The maximum atomic E-state index is 11.1. The third-order valence-corrected chi connectivity index (χ3v) is 2.11. The average molecular weight is 214 g/mol. The molecule has 0 aliphatic carbocycles.